The molecule has 64 valence electrons. The highest BCUT2D eigenvalue weighted by molar-refractivity contribution is 5.73. The zero-order valence-corrected chi connectivity index (χ0v) is 7.08. The molecule has 1 heterocycles. The lowest BCUT2D eigenvalue weighted by Gasteiger charge is -2.33. The largest absolute Gasteiger partial charge is 0.393 e. The van der Waals surface area contributed by atoms with E-state index in [1.54, 1.807) is 11.8 Å². The first-order chi connectivity index (χ1) is 5.11. The summed E-state index contributed by atoms with van der Waals surface area (Å²) in [6, 6.07) is 0. The first-order valence-electron chi connectivity index (χ1n) is 4.05. The van der Waals surface area contributed by atoms with E-state index in [-0.39, 0.29) is 17.9 Å². The molecule has 1 rings (SSSR count). The van der Waals surface area contributed by atoms with Crippen LogP contribution in [0.4, 0.5) is 0 Å². The topological polar surface area (TPSA) is 40.5 Å². The monoisotopic (exact) mass is 157 g/mol. The maximum atomic E-state index is 10.9. The van der Waals surface area contributed by atoms with E-state index in [1.807, 2.05) is 6.92 Å². The number of likely N-dealkylation sites (tertiary alicyclic amines) is 1. The molecule has 0 aliphatic carbocycles. The van der Waals surface area contributed by atoms with Gasteiger partial charge in [-0.2, -0.15) is 0 Å². The second kappa shape index (κ2) is 3.22. The molecule has 0 spiro atoms. The van der Waals surface area contributed by atoms with Gasteiger partial charge in [0, 0.05) is 20.0 Å². The fourth-order valence-corrected chi connectivity index (χ4v) is 1.42. The zero-order chi connectivity index (χ0) is 8.43. The second-order valence-corrected chi connectivity index (χ2v) is 3.30. The molecule has 0 aromatic rings. The summed E-state index contributed by atoms with van der Waals surface area (Å²) in [6.45, 7) is 4.96. The number of aliphatic hydroxyl groups is 1. The van der Waals surface area contributed by atoms with Crippen LogP contribution in [0.5, 0.6) is 0 Å². The Kier molecular flexibility index (Phi) is 2.49. The summed E-state index contributed by atoms with van der Waals surface area (Å²) in [4.78, 5) is 12.7. The Balaban J connectivity index is 2.46. The van der Waals surface area contributed by atoms with Crippen LogP contribution in [0.25, 0.3) is 0 Å². The molecule has 1 fully saturated rings. The van der Waals surface area contributed by atoms with Crippen molar-refractivity contribution < 1.29 is 9.90 Å². The van der Waals surface area contributed by atoms with Gasteiger partial charge in [0.2, 0.25) is 5.91 Å². The lowest BCUT2D eigenvalue weighted by atomic mass is 9.97. The van der Waals surface area contributed by atoms with E-state index in [2.05, 4.69) is 0 Å². The van der Waals surface area contributed by atoms with Crippen molar-refractivity contribution in [1.82, 2.24) is 4.90 Å². The van der Waals surface area contributed by atoms with Crippen LogP contribution >= 0.6 is 0 Å². The van der Waals surface area contributed by atoms with E-state index in [1.165, 1.54) is 0 Å². The number of carbonyl (C=O) groups is 1. The maximum absolute atomic E-state index is 10.9. The molecule has 0 bridgehead atoms. The third kappa shape index (κ3) is 1.93. The van der Waals surface area contributed by atoms with Gasteiger partial charge < -0.3 is 10.0 Å². The summed E-state index contributed by atoms with van der Waals surface area (Å²) < 4.78 is 0. The molecule has 11 heavy (non-hydrogen) atoms. The number of rotatable bonds is 0. The van der Waals surface area contributed by atoms with Crippen molar-refractivity contribution in [3.8, 4) is 0 Å². The minimum absolute atomic E-state index is 0.115. The van der Waals surface area contributed by atoms with Crippen LogP contribution in [0.1, 0.15) is 20.3 Å². The van der Waals surface area contributed by atoms with Gasteiger partial charge >= 0.3 is 0 Å². The Labute approximate surface area is 67.0 Å². The normalized spacial score (nSPS) is 32.1. The van der Waals surface area contributed by atoms with Gasteiger partial charge in [0.1, 0.15) is 0 Å². The van der Waals surface area contributed by atoms with Gasteiger partial charge in [0.05, 0.1) is 6.10 Å². The second-order valence-electron chi connectivity index (χ2n) is 3.30. The smallest absolute Gasteiger partial charge is 0.219 e. The highest BCUT2D eigenvalue weighted by Gasteiger charge is 2.24. The standard InChI is InChI=1S/C8H15NO2/c1-6-5-9(7(2)10)4-3-8(6)11/h6,8,11H,3-5H2,1-2H3/t6-,8-/m1/s1. The van der Waals surface area contributed by atoms with Crippen molar-refractivity contribution in [3.05, 3.63) is 0 Å². The van der Waals surface area contributed by atoms with Gasteiger partial charge in [0.15, 0.2) is 0 Å². The number of hydrogen-bond acceptors (Lipinski definition) is 2. The molecule has 0 unspecified atom stereocenters. The van der Waals surface area contributed by atoms with E-state index >= 15 is 0 Å². The van der Waals surface area contributed by atoms with Crippen molar-refractivity contribution in [1.29, 1.82) is 0 Å². The highest BCUT2D eigenvalue weighted by Crippen LogP contribution is 2.15. The van der Waals surface area contributed by atoms with Crippen molar-refractivity contribution in [2.45, 2.75) is 26.4 Å². The Morgan fingerprint density at radius 1 is 1.64 bits per heavy atom. The van der Waals surface area contributed by atoms with Crippen molar-refractivity contribution in [2.75, 3.05) is 13.1 Å². The van der Waals surface area contributed by atoms with Gasteiger partial charge in [-0.1, -0.05) is 6.92 Å². The van der Waals surface area contributed by atoms with Crippen LogP contribution in [0.15, 0.2) is 0 Å². The first kappa shape index (κ1) is 8.53. The van der Waals surface area contributed by atoms with Gasteiger partial charge in [0.25, 0.3) is 0 Å². The van der Waals surface area contributed by atoms with E-state index in [0.29, 0.717) is 13.1 Å². The van der Waals surface area contributed by atoms with E-state index < -0.39 is 0 Å². The Morgan fingerprint density at radius 2 is 2.27 bits per heavy atom. The number of nitrogens with zero attached hydrogens (tertiary/aromatic N) is 1. The molecule has 0 saturated carbocycles. The highest BCUT2D eigenvalue weighted by atomic mass is 16.3. The van der Waals surface area contributed by atoms with E-state index in [0.717, 1.165) is 6.42 Å². The number of piperidine rings is 1. The summed E-state index contributed by atoms with van der Waals surface area (Å²) >= 11 is 0. The van der Waals surface area contributed by atoms with Gasteiger partial charge in [-0.25, -0.2) is 0 Å². The van der Waals surface area contributed by atoms with Crippen molar-refractivity contribution >= 4 is 5.91 Å². The molecule has 1 aliphatic heterocycles. The van der Waals surface area contributed by atoms with Crippen LogP contribution in [0.3, 0.4) is 0 Å². The predicted octanol–water partition coefficient (Wildman–Crippen LogP) is 0.236. The molecule has 3 nitrogen and oxygen atoms in total. The first-order valence-corrected chi connectivity index (χ1v) is 4.05. The molecule has 1 N–H and O–H groups in total. The molecule has 3 heteroatoms. The molecular weight excluding hydrogens is 142 g/mol. The van der Waals surface area contributed by atoms with Crippen molar-refractivity contribution in [3.63, 3.8) is 0 Å². The molecular formula is C8H15NO2. The number of carbonyl (C=O) groups excluding carboxylic acids is 1. The lowest BCUT2D eigenvalue weighted by molar-refractivity contribution is -0.132. The molecule has 2 atom stereocenters. The molecule has 1 amide bonds. The number of aliphatic hydroxyl groups excluding tert-OH is 1. The summed E-state index contributed by atoms with van der Waals surface area (Å²) in [5.41, 5.74) is 0. The van der Waals surface area contributed by atoms with Gasteiger partial charge in [-0.3, -0.25) is 4.79 Å². The average molecular weight is 157 g/mol. The fourth-order valence-electron chi connectivity index (χ4n) is 1.42. The van der Waals surface area contributed by atoms with Crippen molar-refractivity contribution in [2.24, 2.45) is 5.92 Å². The summed E-state index contributed by atoms with van der Waals surface area (Å²) in [5.74, 6) is 0.344. The lowest BCUT2D eigenvalue weighted by Crippen LogP contribution is -2.43. The SMILES string of the molecule is CC(=O)N1CC[C@@H](O)[C@H](C)C1. The van der Waals surface area contributed by atoms with E-state index in [9.17, 15) is 9.90 Å². The molecule has 0 aromatic heterocycles. The third-order valence-electron chi connectivity index (χ3n) is 2.31. The molecule has 1 saturated heterocycles. The van der Waals surface area contributed by atoms with E-state index in [4.69, 9.17) is 0 Å². The quantitative estimate of drug-likeness (QED) is 0.547. The van der Waals surface area contributed by atoms with Crippen LogP contribution in [0, 0.1) is 5.92 Å². The van der Waals surface area contributed by atoms with Gasteiger partial charge in [-0.15, -0.1) is 0 Å². The van der Waals surface area contributed by atoms with Crippen LogP contribution < -0.4 is 0 Å². The fraction of sp³-hybridized carbons (Fsp3) is 0.875. The third-order valence-corrected chi connectivity index (χ3v) is 2.31. The number of amides is 1. The minimum Gasteiger partial charge on any atom is -0.393 e. The maximum Gasteiger partial charge on any atom is 0.219 e. The average Bonchev–Trinajstić information content (AvgIpc) is 1.94. The molecule has 0 radical (unpaired) electrons. The Morgan fingerprint density at radius 3 is 2.73 bits per heavy atom. The predicted molar refractivity (Wildman–Crippen MR) is 42.0 cm³/mol. The van der Waals surface area contributed by atoms with Crippen LogP contribution in [-0.2, 0) is 4.79 Å². The summed E-state index contributed by atoms with van der Waals surface area (Å²) in [6.07, 6.45) is 0.506. The van der Waals surface area contributed by atoms with Crippen LogP contribution in [0.2, 0.25) is 0 Å². The molecule has 0 aromatic carbocycles. The summed E-state index contributed by atoms with van der Waals surface area (Å²) in [7, 11) is 0. The minimum atomic E-state index is -0.217. The Hall–Kier alpha value is -0.570. The van der Waals surface area contributed by atoms with Gasteiger partial charge in [-0.05, 0) is 12.3 Å². The summed E-state index contributed by atoms with van der Waals surface area (Å²) in [5, 5.41) is 9.34. The van der Waals surface area contributed by atoms with Crippen LogP contribution in [-0.4, -0.2) is 35.1 Å². The molecule has 1 aliphatic rings. The Bertz CT molecular complexity index is 158. The zero-order valence-electron chi connectivity index (χ0n) is 7.08. The number of hydrogen-bond donors (Lipinski definition) is 1.